The van der Waals surface area contributed by atoms with Crippen LogP contribution in [-0.2, 0) is 5.41 Å². The van der Waals surface area contributed by atoms with Crippen LogP contribution >= 0.6 is 0 Å². The standard InChI is InChI=1S/C51H42N4O/c1-32-23-35-24-33(2)29-51(28-32,30-35)41-19-16-36(17-20-41)42-13-6-7-14-43(42)50-54-48(37-9-4-3-5-10-37)53-49(55-50)40-12-8-11-38(26-40)39-18-22-47-45(27-39)44-25-34(31-52)15-21-46(44)56-47/h3-22,25-27,32-33,35H,23-24,28-30H2,1-2H3/t32-,33+,35-,51?. The first-order chi connectivity index (χ1) is 27.4. The molecule has 0 saturated heterocycles. The van der Waals surface area contributed by atoms with E-state index in [9.17, 15) is 5.26 Å². The molecule has 2 bridgehead atoms. The van der Waals surface area contributed by atoms with Gasteiger partial charge in [0.2, 0.25) is 0 Å². The summed E-state index contributed by atoms with van der Waals surface area (Å²) in [7, 11) is 0. The van der Waals surface area contributed by atoms with E-state index in [0.29, 0.717) is 28.5 Å². The highest BCUT2D eigenvalue weighted by Crippen LogP contribution is 2.54. The summed E-state index contributed by atoms with van der Waals surface area (Å²) in [4.78, 5) is 15.4. The lowest BCUT2D eigenvalue weighted by Crippen LogP contribution is -2.42. The molecule has 6 aromatic carbocycles. The Morgan fingerprint density at radius 3 is 1.88 bits per heavy atom. The second kappa shape index (κ2) is 13.7. The largest absolute Gasteiger partial charge is 0.456 e. The topological polar surface area (TPSA) is 75.6 Å². The van der Waals surface area contributed by atoms with Gasteiger partial charge in [-0.25, -0.2) is 15.0 Å². The van der Waals surface area contributed by atoms with Gasteiger partial charge in [0.1, 0.15) is 11.2 Å². The molecule has 8 aromatic rings. The van der Waals surface area contributed by atoms with Crippen molar-refractivity contribution in [2.75, 3.05) is 0 Å². The number of furan rings is 1. The highest BCUT2D eigenvalue weighted by atomic mass is 16.3. The summed E-state index contributed by atoms with van der Waals surface area (Å²) in [5, 5.41) is 11.4. The highest BCUT2D eigenvalue weighted by molar-refractivity contribution is 6.06. The smallest absolute Gasteiger partial charge is 0.164 e. The first-order valence-corrected chi connectivity index (χ1v) is 19.9. The predicted octanol–water partition coefficient (Wildman–Crippen LogP) is 13.1. The van der Waals surface area contributed by atoms with Crippen molar-refractivity contribution in [2.24, 2.45) is 17.8 Å². The Morgan fingerprint density at radius 2 is 1.12 bits per heavy atom. The average Bonchev–Trinajstić information content (AvgIpc) is 3.60. The number of nitriles is 1. The molecule has 0 amide bonds. The van der Waals surface area contributed by atoms with Crippen molar-refractivity contribution in [3.05, 3.63) is 151 Å². The maximum atomic E-state index is 9.53. The molecule has 2 heterocycles. The number of rotatable bonds is 6. The molecule has 2 aliphatic rings. The molecule has 56 heavy (non-hydrogen) atoms. The van der Waals surface area contributed by atoms with Gasteiger partial charge in [-0.05, 0) is 119 Å². The first-order valence-electron chi connectivity index (χ1n) is 19.9. The summed E-state index contributed by atoms with van der Waals surface area (Å²) in [6.45, 7) is 4.91. The van der Waals surface area contributed by atoms with E-state index in [-0.39, 0.29) is 0 Å². The zero-order valence-electron chi connectivity index (χ0n) is 31.7. The van der Waals surface area contributed by atoms with E-state index < -0.39 is 0 Å². The zero-order valence-corrected chi connectivity index (χ0v) is 31.7. The molecule has 2 fully saturated rings. The second-order valence-corrected chi connectivity index (χ2v) is 16.5. The summed E-state index contributed by atoms with van der Waals surface area (Å²) in [5.41, 5.74) is 11.1. The predicted molar refractivity (Wildman–Crippen MR) is 226 cm³/mol. The number of hydrogen-bond acceptors (Lipinski definition) is 5. The molecule has 0 radical (unpaired) electrons. The van der Waals surface area contributed by atoms with Crippen molar-refractivity contribution in [1.82, 2.24) is 15.0 Å². The van der Waals surface area contributed by atoms with E-state index in [2.05, 4.69) is 105 Å². The molecule has 2 aliphatic carbocycles. The Morgan fingerprint density at radius 1 is 0.536 bits per heavy atom. The Balaban J connectivity index is 1.05. The molecule has 2 saturated carbocycles. The molecular weight excluding hydrogens is 685 g/mol. The number of nitrogens with zero attached hydrogens (tertiary/aromatic N) is 4. The minimum absolute atomic E-state index is 0.291. The first kappa shape index (κ1) is 34.1. The number of fused-ring (bicyclic) bond motifs is 5. The highest BCUT2D eigenvalue weighted by Gasteiger charge is 2.45. The number of hydrogen-bond donors (Lipinski definition) is 0. The van der Waals surface area contributed by atoms with Crippen LogP contribution in [-0.4, -0.2) is 15.0 Å². The summed E-state index contributed by atoms with van der Waals surface area (Å²) in [6, 6.07) is 50.5. The maximum absolute atomic E-state index is 9.53. The van der Waals surface area contributed by atoms with Crippen molar-refractivity contribution in [3.63, 3.8) is 0 Å². The van der Waals surface area contributed by atoms with Crippen molar-refractivity contribution in [3.8, 4) is 62.5 Å². The molecule has 4 atom stereocenters. The van der Waals surface area contributed by atoms with Crippen molar-refractivity contribution < 1.29 is 4.42 Å². The van der Waals surface area contributed by atoms with Crippen LogP contribution in [0.25, 0.3) is 78.4 Å². The van der Waals surface area contributed by atoms with Gasteiger partial charge in [-0.15, -0.1) is 0 Å². The van der Waals surface area contributed by atoms with Gasteiger partial charge in [-0.3, -0.25) is 0 Å². The SMILES string of the molecule is C[C@@H]1C[C@@H]2C[C@H](C)CC(c3ccc(-c4ccccc4-c4nc(-c5ccccc5)nc(-c5cccc(-c6ccc7oc8ccc(C#N)cc8c7c6)c5)n4)cc3)(C1)C2. The van der Waals surface area contributed by atoms with E-state index in [1.807, 2.05) is 48.5 Å². The van der Waals surface area contributed by atoms with Crippen molar-refractivity contribution in [1.29, 1.82) is 5.26 Å². The van der Waals surface area contributed by atoms with Crippen LogP contribution in [0.5, 0.6) is 0 Å². The fourth-order valence-electron chi connectivity index (χ4n) is 10.2. The lowest BCUT2D eigenvalue weighted by atomic mass is 9.54. The molecule has 2 aromatic heterocycles. The molecule has 5 nitrogen and oxygen atoms in total. The van der Waals surface area contributed by atoms with E-state index in [0.717, 1.165) is 73.1 Å². The van der Waals surface area contributed by atoms with Gasteiger partial charge in [0.25, 0.3) is 0 Å². The lowest BCUT2D eigenvalue weighted by molar-refractivity contribution is 0.0780. The van der Waals surface area contributed by atoms with Crippen LogP contribution in [0.2, 0.25) is 0 Å². The van der Waals surface area contributed by atoms with E-state index in [4.69, 9.17) is 19.4 Å². The monoisotopic (exact) mass is 726 g/mol. The third kappa shape index (κ3) is 6.16. The fraction of sp³-hybridized carbons (Fsp3) is 0.216. The minimum Gasteiger partial charge on any atom is -0.456 e. The zero-order chi connectivity index (χ0) is 37.8. The molecular formula is C51H42N4O. The van der Waals surface area contributed by atoms with Gasteiger partial charge in [0.15, 0.2) is 17.5 Å². The third-order valence-electron chi connectivity index (χ3n) is 12.3. The molecule has 0 spiro atoms. The average molecular weight is 727 g/mol. The van der Waals surface area contributed by atoms with Crippen molar-refractivity contribution >= 4 is 21.9 Å². The Kier molecular flexibility index (Phi) is 8.37. The van der Waals surface area contributed by atoms with Gasteiger partial charge in [0, 0.05) is 27.5 Å². The second-order valence-electron chi connectivity index (χ2n) is 16.5. The molecule has 10 rings (SSSR count). The van der Waals surface area contributed by atoms with E-state index in [1.54, 1.807) is 6.07 Å². The van der Waals surface area contributed by atoms with Crippen LogP contribution < -0.4 is 0 Å². The molecule has 0 aliphatic heterocycles. The van der Waals surface area contributed by atoms with Gasteiger partial charge in [0.05, 0.1) is 11.6 Å². The van der Waals surface area contributed by atoms with Crippen LogP contribution in [0.15, 0.2) is 144 Å². The van der Waals surface area contributed by atoms with Crippen LogP contribution in [0, 0.1) is 29.1 Å². The summed E-state index contributed by atoms with van der Waals surface area (Å²) in [5.74, 6) is 4.28. The van der Waals surface area contributed by atoms with Crippen LogP contribution in [0.1, 0.15) is 57.1 Å². The minimum atomic E-state index is 0.291. The summed E-state index contributed by atoms with van der Waals surface area (Å²) in [6.07, 6.45) is 6.67. The summed E-state index contributed by atoms with van der Waals surface area (Å²) >= 11 is 0. The van der Waals surface area contributed by atoms with Gasteiger partial charge >= 0.3 is 0 Å². The Hall–Kier alpha value is -6.38. The fourth-order valence-corrected chi connectivity index (χ4v) is 10.2. The van der Waals surface area contributed by atoms with Gasteiger partial charge in [-0.2, -0.15) is 5.26 Å². The van der Waals surface area contributed by atoms with E-state index >= 15 is 0 Å². The molecule has 272 valence electrons. The molecule has 0 N–H and O–H groups in total. The van der Waals surface area contributed by atoms with Gasteiger partial charge in [-0.1, -0.05) is 117 Å². The molecule has 1 unspecified atom stereocenters. The Bertz CT molecular complexity index is 2780. The van der Waals surface area contributed by atoms with Crippen molar-refractivity contribution in [2.45, 2.75) is 51.4 Å². The van der Waals surface area contributed by atoms with Gasteiger partial charge < -0.3 is 4.42 Å². The molecule has 5 heteroatoms. The van der Waals surface area contributed by atoms with Crippen LogP contribution in [0.3, 0.4) is 0 Å². The quantitative estimate of drug-likeness (QED) is 0.170. The Labute approximate surface area is 327 Å². The normalized spacial score (nSPS) is 20.6. The maximum Gasteiger partial charge on any atom is 0.164 e. The van der Waals surface area contributed by atoms with E-state index in [1.165, 1.54) is 43.2 Å². The van der Waals surface area contributed by atoms with Crippen LogP contribution in [0.4, 0.5) is 0 Å². The summed E-state index contributed by atoms with van der Waals surface area (Å²) < 4.78 is 6.11. The third-order valence-corrected chi connectivity index (χ3v) is 12.3. The number of aromatic nitrogens is 3. The lowest BCUT2D eigenvalue weighted by Gasteiger charge is -2.50. The number of benzene rings is 6.